The second-order valence-electron chi connectivity index (χ2n) is 7.45. The smallest absolute Gasteiger partial charge is 0.459 e. The maximum atomic E-state index is 13.4. The van der Waals surface area contributed by atoms with Gasteiger partial charge in [-0.15, -0.1) is 0 Å². The number of methoxy groups -OCH3 is 1. The molecule has 3 aliphatic heterocycles. The van der Waals surface area contributed by atoms with Gasteiger partial charge in [-0.2, -0.15) is 5.09 Å². The fraction of sp³-hybridized carbons (Fsp3) is 0.579. The normalized spacial score (nSPS) is 29.2. The molecule has 2 bridgehead atoms. The molecule has 3 aliphatic rings. The first-order valence-electron chi connectivity index (χ1n) is 9.58. The summed E-state index contributed by atoms with van der Waals surface area (Å²) in [6.07, 6.45) is 1.58. The number of carbonyl (C=O) groups is 2. The van der Waals surface area contributed by atoms with Gasteiger partial charge in [0.05, 0.1) is 13.2 Å². The second-order valence-corrected chi connectivity index (χ2v) is 9.15. The Morgan fingerprint density at radius 3 is 2.52 bits per heavy atom. The van der Waals surface area contributed by atoms with E-state index in [1.54, 1.807) is 30.3 Å². The van der Waals surface area contributed by atoms with Crippen LogP contribution < -0.4 is 9.61 Å². The van der Waals surface area contributed by atoms with Crippen molar-refractivity contribution in [3.05, 3.63) is 30.3 Å². The first-order chi connectivity index (χ1) is 13.8. The summed E-state index contributed by atoms with van der Waals surface area (Å²) in [6, 6.07) is 7.16. The number of nitrogens with zero attached hydrogens (tertiary/aromatic N) is 1. The van der Waals surface area contributed by atoms with E-state index in [0.717, 1.165) is 25.9 Å². The third kappa shape index (κ3) is 4.70. The molecule has 3 fully saturated rings. The summed E-state index contributed by atoms with van der Waals surface area (Å²) in [4.78, 5) is 26.3. The summed E-state index contributed by atoms with van der Waals surface area (Å²) in [7, 11) is -2.59. The fourth-order valence-electron chi connectivity index (χ4n) is 3.91. The third-order valence-electron chi connectivity index (χ3n) is 5.48. The first kappa shape index (κ1) is 21.9. The monoisotopic (exact) mass is 426 g/mol. The van der Waals surface area contributed by atoms with Crippen molar-refractivity contribution in [1.82, 2.24) is 9.99 Å². The summed E-state index contributed by atoms with van der Waals surface area (Å²) in [5, 5.41) is 11.7. The molecule has 3 heterocycles. The zero-order chi connectivity index (χ0) is 21.1. The van der Waals surface area contributed by atoms with Crippen LogP contribution in [-0.4, -0.2) is 66.8 Å². The van der Waals surface area contributed by atoms with Crippen molar-refractivity contribution in [2.24, 2.45) is 5.92 Å². The summed E-state index contributed by atoms with van der Waals surface area (Å²) >= 11 is 0. The van der Waals surface area contributed by atoms with Crippen molar-refractivity contribution in [3.8, 4) is 5.75 Å². The maximum Gasteiger partial charge on any atom is 0.459 e. The predicted molar refractivity (Wildman–Crippen MR) is 105 cm³/mol. The van der Waals surface area contributed by atoms with Crippen LogP contribution in [0.4, 0.5) is 0 Å². The molecule has 3 unspecified atom stereocenters. The molecule has 10 heteroatoms. The van der Waals surface area contributed by atoms with E-state index in [2.05, 4.69) is 5.09 Å². The number of fused-ring (bicyclic) bond motifs is 3. The van der Waals surface area contributed by atoms with Crippen LogP contribution >= 0.6 is 7.75 Å². The van der Waals surface area contributed by atoms with Crippen molar-refractivity contribution in [1.29, 1.82) is 0 Å². The lowest BCUT2D eigenvalue weighted by molar-refractivity contribution is -0.157. The number of nitrogens with one attached hydrogen (secondary N) is 1. The Balaban J connectivity index is 1.83. The van der Waals surface area contributed by atoms with E-state index in [4.69, 9.17) is 13.8 Å². The van der Waals surface area contributed by atoms with Crippen LogP contribution in [0.2, 0.25) is 0 Å². The quantitative estimate of drug-likeness (QED) is 0.542. The molecule has 0 spiro atoms. The van der Waals surface area contributed by atoms with Crippen LogP contribution in [0.3, 0.4) is 0 Å². The number of hydrogen-bond acceptors (Lipinski definition) is 7. The molecule has 0 amide bonds. The Bertz CT molecular complexity index is 782. The molecule has 3 atom stereocenters. The molecule has 4 rings (SSSR count). The molecule has 2 N–H and O–H groups in total. The van der Waals surface area contributed by atoms with Gasteiger partial charge in [0.1, 0.15) is 17.3 Å². The van der Waals surface area contributed by atoms with E-state index in [0.29, 0.717) is 0 Å². The molecular weight excluding hydrogens is 399 g/mol. The third-order valence-corrected chi connectivity index (χ3v) is 7.10. The molecule has 0 aromatic heterocycles. The van der Waals surface area contributed by atoms with Gasteiger partial charge >= 0.3 is 13.7 Å². The van der Waals surface area contributed by atoms with Crippen LogP contribution in [0.5, 0.6) is 5.75 Å². The number of Topliss-reactive ketones (excluding diaryl/α,β-unsaturated/α-hetero) is 1. The highest BCUT2D eigenvalue weighted by molar-refractivity contribution is 7.52. The molecule has 0 aliphatic carbocycles. The van der Waals surface area contributed by atoms with E-state index >= 15 is 0 Å². The molecule has 3 saturated heterocycles. The number of carbonyl (C=O) groups excluding carboxylic acids is 1. The number of ketones is 1. The summed E-state index contributed by atoms with van der Waals surface area (Å²) < 4.78 is 30.0. The van der Waals surface area contributed by atoms with Crippen LogP contribution in [0.25, 0.3) is 0 Å². The molecule has 0 saturated carbocycles. The number of carboxylic acids is 1. The minimum Gasteiger partial charge on any atom is -0.480 e. The number of carboxylic acid groups (broad SMARTS) is 1. The largest absolute Gasteiger partial charge is 0.480 e. The summed E-state index contributed by atoms with van der Waals surface area (Å²) in [5.74, 6) is -0.999. The van der Waals surface area contributed by atoms with Gasteiger partial charge in [-0.1, -0.05) is 18.2 Å². The first-order valence-corrected chi connectivity index (χ1v) is 11.1. The summed E-state index contributed by atoms with van der Waals surface area (Å²) in [5.41, 5.74) is -1.06. The molecular formula is C19H27N2O7P. The minimum atomic E-state index is -4.10. The van der Waals surface area contributed by atoms with E-state index in [-0.39, 0.29) is 30.7 Å². The highest BCUT2D eigenvalue weighted by Crippen LogP contribution is 2.47. The van der Waals surface area contributed by atoms with E-state index < -0.39 is 25.3 Å². The van der Waals surface area contributed by atoms with Crippen molar-refractivity contribution >= 4 is 19.5 Å². The highest BCUT2D eigenvalue weighted by atomic mass is 31.2. The van der Waals surface area contributed by atoms with Crippen molar-refractivity contribution in [3.63, 3.8) is 0 Å². The second kappa shape index (κ2) is 8.93. The Kier molecular flexibility index (Phi) is 6.76. The van der Waals surface area contributed by atoms with Gasteiger partial charge in [-0.05, 0) is 45.0 Å². The topological polar surface area (TPSA) is 114 Å². The number of hydrogen-bond donors (Lipinski definition) is 2. The predicted octanol–water partition coefficient (Wildman–Crippen LogP) is 1.93. The van der Waals surface area contributed by atoms with E-state index in [1.807, 2.05) is 4.90 Å². The minimum absolute atomic E-state index is 0.00870. The van der Waals surface area contributed by atoms with Gasteiger partial charge < -0.3 is 14.4 Å². The lowest BCUT2D eigenvalue weighted by Crippen LogP contribution is -2.69. The average molecular weight is 426 g/mol. The van der Waals surface area contributed by atoms with Gasteiger partial charge in [0, 0.05) is 13.0 Å². The SMILES string of the molecule is COCC1(COP(=O)(NC(C)C(=O)O)Oc2ccccc2)C(=O)C2CCN1CC2. The van der Waals surface area contributed by atoms with Crippen LogP contribution in [0.15, 0.2) is 30.3 Å². The van der Waals surface area contributed by atoms with E-state index in [1.165, 1.54) is 14.0 Å². The van der Waals surface area contributed by atoms with Gasteiger partial charge in [0.25, 0.3) is 0 Å². The zero-order valence-electron chi connectivity index (χ0n) is 16.6. The molecule has 0 radical (unpaired) electrons. The number of ether oxygens (including phenoxy) is 1. The number of piperidine rings is 3. The maximum absolute atomic E-state index is 13.4. The van der Waals surface area contributed by atoms with Gasteiger partial charge in [-0.3, -0.25) is 19.0 Å². The highest BCUT2D eigenvalue weighted by Gasteiger charge is 2.54. The van der Waals surface area contributed by atoms with Gasteiger partial charge in [-0.25, -0.2) is 4.57 Å². The number of rotatable bonds is 10. The number of aliphatic carboxylic acids is 1. The summed E-state index contributed by atoms with van der Waals surface area (Å²) in [6.45, 7) is 2.68. The van der Waals surface area contributed by atoms with Crippen LogP contribution in [-0.2, 0) is 23.4 Å². The molecule has 160 valence electrons. The van der Waals surface area contributed by atoms with Crippen molar-refractivity contribution in [2.75, 3.05) is 33.4 Å². The molecule has 1 aromatic rings. The Hall–Kier alpha value is -1.77. The standard InChI is InChI=1S/C19H27N2O7P/c1-14(18(23)24)20-29(25,28-16-6-4-3-5-7-16)27-13-19(12-26-2)17(22)15-8-10-21(19)11-9-15/h3-7,14-15H,8-13H2,1-2H3,(H,20,25)(H,23,24). The zero-order valence-corrected chi connectivity index (χ0v) is 17.5. The Labute approximate surface area is 169 Å². The molecule has 1 aromatic carbocycles. The fourth-order valence-corrected chi connectivity index (χ4v) is 5.45. The lowest BCUT2D eigenvalue weighted by Gasteiger charge is -2.52. The van der Waals surface area contributed by atoms with Gasteiger partial charge in [0.2, 0.25) is 0 Å². The molecule has 29 heavy (non-hydrogen) atoms. The molecule has 9 nitrogen and oxygen atoms in total. The van der Waals surface area contributed by atoms with E-state index in [9.17, 15) is 19.3 Å². The van der Waals surface area contributed by atoms with Crippen LogP contribution in [0, 0.1) is 5.92 Å². The van der Waals surface area contributed by atoms with Crippen molar-refractivity contribution < 1.29 is 33.0 Å². The van der Waals surface area contributed by atoms with Crippen LogP contribution in [0.1, 0.15) is 19.8 Å². The number of benzene rings is 1. The van der Waals surface area contributed by atoms with Crippen molar-refractivity contribution in [2.45, 2.75) is 31.3 Å². The Morgan fingerprint density at radius 2 is 1.97 bits per heavy atom. The lowest BCUT2D eigenvalue weighted by atomic mass is 9.74. The average Bonchev–Trinajstić information content (AvgIpc) is 2.71. The van der Waals surface area contributed by atoms with Gasteiger partial charge in [0.15, 0.2) is 5.78 Å². The number of para-hydroxylation sites is 1. The Morgan fingerprint density at radius 1 is 1.31 bits per heavy atom.